The van der Waals surface area contributed by atoms with Crippen LogP contribution in [0, 0.1) is 12.8 Å². The van der Waals surface area contributed by atoms with Crippen LogP contribution in [0.5, 0.6) is 0 Å². The largest absolute Gasteiger partial charge is 0.356 e. The maximum atomic E-state index is 11.6. The van der Waals surface area contributed by atoms with Crippen LogP contribution < -0.4 is 5.32 Å². The van der Waals surface area contributed by atoms with Crippen LogP contribution >= 0.6 is 11.6 Å². The lowest BCUT2D eigenvalue weighted by Gasteiger charge is -2.09. The van der Waals surface area contributed by atoms with Gasteiger partial charge in [-0.1, -0.05) is 36.8 Å². The van der Waals surface area contributed by atoms with E-state index in [0.29, 0.717) is 24.8 Å². The first-order chi connectivity index (χ1) is 7.61. The summed E-state index contributed by atoms with van der Waals surface area (Å²) in [5.41, 5.74) is 2.23. The van der Waals surface area contributed by atoms with E-state index < -0.39 is 0 Å². The highest BCUT2D eigenvalue weighted by molar-refractivity contribution is 6.18. The van der Waals surface area contributed by atoms with Crippen LogP contribution in [-0.4, -0.2) is 18.3 Å². The second-order valence-corrected chi connectivity index (χ2v) is 4.54. The molecule has 16 heavy (non-hydrogen) atoms. The maximum absolute atomic E-state index is 11.6. The lowest BCUT2D eigenvalue weighted by Crippen LogP contribution is -2.30. The number of carbonyl (C=O) groups excluding carboxylic acids is 1. The minimum atomic E-state index is 0.0579. The number of carbonyl (C=O) groups is 1. The van der Waals surface area contributed by atoms with Crippen molar-refractivity contribution >= 4 is 17.5 Å². The molecule has 3 heteroatoms. The number of rotatable bonds is 5. The zero-order valence-electron chi connectivity index (χ0n) is 9.79. The van der Waals surface area contributed by atoms with E-state index in [-0.39, 0.29) is 5.91 Å². The van der Waals surface area contributed by atoms with E-state index in [4.69, 9.17) is 11.6 Å². The lowest BCUT2D eigenvalue weighted by molar-refractivity contribution is -0.120. The van der Waals surface area contributed by atoms with Crippen LogP contribution in [0.1, 0.15) is 18.1 Å². The third kappa shape index (κ3) is 4.67. The van der Waals surface area contributed by atoms with Crippen LogP contribution in [0.4, 0.5) is 0 Å². The van der Waals surface area contributed by atoms with E-state index in [2.05, 4.69) is 5.32 Å². The van der Waals surface area contributed by atoms with Gasteiger partial charge in [0.1, 0.15) is 0 Å². The smallest absolute Gasteiger partial charge is 0.224 e. The molecule has 0 saturated heterocycles. The highest BCUT2D eigenvalue weighted by Crippen LogP contribution is 2.04. The first-order valence-electron chi connectivity index (χ1n) is 5.50. The summed E-state index contributed by atoms with van der Waals surface area (Å²) in [7, 11) is 0. The van der Waals surface area contributed by atoms with E-state index in [1.165, 1.54) is 5.56 Å². The summed E-state index contributed by atoms with van der Waals surface area (Å²) >= 11 is 5.67. The van der Waals surface area contributed by atoms with E-state index in [0.717, 1.165) is 5.56 Å². The van der Waals surface area contributed by atoms with Crippen LogP contribution in [0.15, 0.2) is 24.3 Å². The molecule has 0 bridgehead atoms. The van der Waals surface area contributed by atoms with Gasteiger partial charge >= 0.3 is 0 Å². The normalized spacial score (nSPS) is 12.2. The highest BCUT2D eigenvalue weighted by atomic mass is 35.5. The average molecular weight is 240 g/mol. The second-order valence-electron chi connectivity index (χ2n) is 4.23. The summed E-state index contributed by atoms with van der Waals surface area (Å²) in [6.45, 7) is 4.69. The number of alkyl halides is 1. The van der Waals surface area contributed by atoms with Crippen molar-refractivity contribution in [3.8, 4) is 0 Å². The van der Waals surface area contributed by atoms with Gasteiger partial charge in [0.2, 0.25) is 5.91 Å². The lowest BCUT2D eigenvalue weighted by atomic mass is 10.1. The van der Waals surface area contributed by atoms with E-state index in [1.54, 1.807) is 0 Å². The zero-order chi connectivity index (χ0) is 12.0. The van der Waals surface area contributed by atoms with Gasteiger partial charge in [0.25, 0.3) is 0 Å². The molecule has 2 nitrogen and oxygen atoms in total. The number of amides is 1. The van der Waals surface area contributed by atoms with E-state index in [1.807, 2.05) is 38.1 Å². The molecule has 0 aliphatic rings. The molecule has 1 rings (SSSR count). The number of hydrogen-bond donors (Lipinski definition) is 1. The number of aryl methyl sites for hydroxylation is 1. The number of nitrogens with one attached hydrogen (secondary N) is 1. The Morgan fingerprint density at radius 2 is 2.25 bits per heavy atom. The molecule has 1 amide bonds. The summed E-state index contributed by atoms with van der Waals surface area (Å²) in [6.07, 6.45) is 0.441. The van der Waals surface area contributed by atoms with Crippen molar-refractivity contribution in [1.29, 1.82) is 0 Å². The van der Waals surface area contributed by atoms with Crippen molar-refractivity contribution in [1.82, 2.24) is 5.32 Å². The molecule has 1 atom stereocenters. The first kappa shape index (κ1) is 13.0. The highest BCUT2D eigenvalue weighted by Gasteiger charge is 2.05. The summed E-state index contributed by atoms with van der Waals surface area (Å²) in [6, 6.07) is 8.00. The topological polar surface area (TPSA) is 29.1 Å². The summed E-state index contributed by atoms with van der Waals surface area (Å²) in [5, 5.41) is 2.88. The summed E-state index contributed by atoms with van der Waals surface area (Å²) < 4.78 is 0. The Bertz CT molecular complexity index is 352. The molecule has 0 saturated carbocycles. The Hall–Kier alpha value is -1.02. The van der Waals surface area contributed by atoms with Gasteiger partial charge in [-0.3, -0.25) is 4.79 Å². The van der Waals surface area contributed by atoms with Gasteiger partial charge in [0.05, 0.1) is 6.42 Å². The van der Waals surface area contributed by atoms with Crippen LogP contribution in [0.25, 0.3) is 0 Å². The molecule has 1 N–H and O–H groups in total. The molecule has 0 fully saturated rings. The fourth-order valence-electron chi connectivity index (χ4n) is 1.41. The summed E-state index contributed by atoms with van der Waals surface area (Å²) in [4.78, 5) is 11.6. The predicted octanol–water partition coefficient (Wildman–Crippen LogP) is 2.53. The molecule has 1 aromatic carbocycles. The van der Waals surface area contributed by atoms with Gasteiger partial charge in [0, 0.05) is 12.4 Å². The quantitative estimate of drug-likeness (QED) is 0.787. The van der Waals surface area contributed by atoms with Gasteiger partial charge in [-0.05, 0) is 18.4 Å². The number of hydrogen-bond acceptors (Lipinski definition) is 1. The Balaban J connectivity index is 2.40. The van der Waals surface area contributed by atoms with E-state index in [9.17, 15) is 4.79 Å². The molecule has 0 aromatic heterocycles. The van der Waals surface area contributed by atoms with Crippen molar-refractivity contribution < 1.29 is 4.79 Å². The Morgan fingerprint density at radius 3 is 2.88 bits per heavy atom. The first-order valence-corrected chi connectivity index (χ1v) is 6.03. The SMILES string of the molecule is Cc1cccc(CC(=O)NCC(C)CCl)c1. The van der Waals surface area contributed by atoms with Crippen LogP contribution in [0.2, 0.25) is 0 Å². The van der Waals surface area contributed by atoms with E-state index >= 15 is 0 Å². The molecular formula is C13H18ClNO. The van der Waals surface area contributed by atoms with Crippen molar-refractivity contribution in [2.75, 3.05) is 12.4 Å². The minimum Gasteiger partial charge on any atom is -0.356 e. The van der Waals surface area contributed by atoms with Crippen LogP contribution in [0.3, 0.4) is 0 Å². The Labute approximate surface area is 102 Å². The monoisotopic (exact) mass is 239 g/mol. The minimum absolute atomic E-state index is 0.0579. The molecule has 88 valence electrons. The molecule has 0 spiro atoms. The Kier molecular flexibility index (Phi) is 5.33. The van der Waals surface area contributed by atoms with Gasteiger partial charge in [-0.15, -0.1) is 11.6 Å². The Morgan fingerprint density at radius 1 is 1.50 bits per heavy atom. The molecule has 1 unspecified atom stereocenters. The average Bonchev–Trinajstić information content (AvgIpc) is 2.26. The molecule has 0 radical (unpaired) electrons. The van der Waals surface area contributed by atoms with Crippen molar-refractivity contribution in [3.05, 3.63) is 35.4 Å². The van der Waals surface area contributed by atoms with Crippen molar-refractivity contribution in [2.24, 2.45) is 5.92 Å². The summed E-state index contributed by atoms with van der Waals surface area (Å²) in [5.74, 6) is 0.954. The third-order valence-electron chi connectivity index (χ3n) is 2.36. The molecule has 0 aliphatic carbocycles. The fourth-order valence-corrected chi connectivity index (χ4v) is 1.52. The third-order valence-corrected chi connectivity index (χ3v) is 2.89. The van der Waals surface area contributed by atoms with Crippen LogP contribution in [-0.2, 0) is 11.2 Å². The van der Waals surface area contributed by atoms with Gasteiger partial charge in [-0.2, -0.15) is 0 Å². The fraction of sp³-hybridized carbons (Fsp3) is 0.462. The van der Waals surface area contributed by atoms with Gasteiger partial charge in [0.15, 0.2) is 0 Å². The zero-order valence-corrected chi connectivity index (χ0v) is 10.6. The second kappa shape index (κ2) is 6.54. The standard InChI is InChI=1S/C13H18ClNO/c1-10-4-3-5-12(6-10)7-13(16)15-9-11(2)8-14/h3-6,11H,7-9H2,1-2H3,(H,15,16). The predicted molar refractivity (Wildman–Crippen MR) is 67.8 cm³/mol. The van der Waals surface area contributed by atoms with Crippen molar-refractivity contribution in [2.45, 2.75) is 20.3 Å². The van der Waals surface area contributed by atoms with Gasteiger partial charge < -0.3 is 5.32 Å². The maximum Gasteiger partial charge on any atom is 0.224 e. The molecular weight excluding hydrogens is 222 g/mol. The van der Waals surface area contributed by atoms with Crippen molar-refractivity contribution in [3.63, 3.8) is 0 Å². The number of benzene rings is 1. The van der Waals surface area contributed by atoms with Gasteiger partial charge in [-0.25, -0.2) is 0 Å². The molecule has 1 aromatic rings. The molecule has 0 heterocycles. The molecule has 0 aliphatic heterocycles. The number of halogens is 1.